The highest BCUT2D eigenvalue weighted by atomic mass is 19.1. The predicted octanol–water partition coefficient (Wildman–Crippen LogP) is 2.08. The van der Waals surface area contributed by atoms with Gasteiger partial charge in [0.1, 0.15) is 17.5 Å². The number of rotatable bonds is 1. The van der Waals surface area contributed by atoms with E-state index in [1.165, 1.54) is 12.1 Å². The van der Waals surface area contributed by atoms with Crippen LogP contribution in [0.3, 0.4) is 0 Å². The minimum absolute atomic E-state index is 0.246. The fourth-order valence-electron chi connectivity index (χ4n) is 2.22. The second-order valence-electron chi connectivity index (χ2n) is 4.32. The molecule has 0 fully saturated rings. The van der Waals surface area contributed by atoms with E-state index in [2.05, 4.69) is 4.98 Å². The third kappa shape index (κ3) is 1.64. The highest BCUT2D eigenvalue weighted by molar-refractivity contribution is 5.71. The van der Waals surface area contributed by atoms with E-state index in [9.17, 15) is 4.39 Å². The van der Waals surface area contributed by atoms with E-state index in [1.54, 1.807) is 12.1 Å². The Labute approximate surface area is 104 Å². The molecule has 0 spiro atoms. The lowest BCUT2D eigenvalue weighted by molar-refractivity contribution is 0.628. The topological polar surface area (TPSA) is 68.2 Å². The maximum absolute atomic E-state index is 13.3. The van der Waals surface area contributed by atoms with Gasteiger partial charge in [-0.2, -0.15) is 0 Å². The van der Waals surface area contributed by atoms with Gasteiger partial charge in [-0.05, 0) is 36.2 Å². The predicted molar refractivity (Wildman–Crippen MR) is 70.2 cm³/mol. The third-order valence-electron chi connectivity index (χ3n) is 3.16. The van der Waals surface area contributed by atoms with Crippen molar-refractivity contribution in [2.45, 2.75) is 6.42 Å². The summed E-state index contributed by atoms with van der Waals surface area (Å²) in [6.45, 7) is 0.773. The monoisotopic (exact) mass is 244 g/mol. The summed E-state index contributed by atoms with van der Waals surface area (Å²) >= 11 is 0. The highest BCUT2D eigenvalue weighted by Crippen LogP contribution is 2.34. The van der Waals surface area contributed by atoms with Crippen LogP contribution in [-0.4, -0.2) is 11.5 Å². The maximum atomic E-state index is 13.3. The van der Waals surface area contributed by atoms with Gasteiger partial charge in [0.05, 0.1) is 5.69 Å². The molecule has 5 heteroatoms. The molecule has 1 aromatic carbocycles. The second kappa shape index (κ2) is 3.87. The zero-order chi connectivity index (χ0) is 12.7. The number of aromatic nitrogens is 1. The van der Waals surface area contributed by atoms with Gasteiger partial charge in [0, 0.05) is 12.2 Å². The molecule has 1 aromatic heterocycles. The van der Waals surface area contributed by atoms with Gasteiger partial charge < -0.3 is 16.4 Å². The largest absolute Gasteiger partial charge is 0.396 e. The van der Waals surface area contributed by atoms with Crippen molar-refractivity contribution in [1.29, 1.82) is 0 Å². The summed E-state index contributed by atoms with van der Waals surface area (Å²) in [7, 11) is 0. The zero-order valence-electron chi connectivity index (χ0n) is 9.73. The van der Waals surface area contributed by atoms with Crippen LogP contribution >= 0.6 is 0 Å². The minimum atomic E-state index is -0.246. The fourth-order valence-corrected chi connectivity index (χ4v) is 2.22. The number of hydrogen-bond donors (Lipinski definition) is 2. The van der Waals surface area contributed by atoms with Crippen LogP contribution in [0.4, 0.5) is 27.4 Å². The zero-order valence-corrected chi connectivity index (χ0v) is 9.73. The van der Waals surface area contributed by atoms with Crippen LogP contribution in [0.1, 0.15) is 5.56 Å². The Morgan fingerprint density at radius 3 is 2.78 bits per heavy atom. The highest BCUT2D eigenvalue weighted by Gasteiger charge is 2.22. The van der Waals surface area contributed by atoms with Crippen molar-refractivity contribution in [2.24, 2.45) is 0 Å². The normalized spacial score (nSPS) is 13.7. The van der Waals surface area contributed by atoms with E-state index in [0.29, 0.717) is 17.3 Å². The number of nitrogens with zero attached hydrogens (tertiary/aromatic N) is 2. The van der Waals surface area contributed by atoms with E-state index in [4.69, 9.17) is 11.5 Å². The van der Waals surface area contributed by atoms with Crippen molar-refractivity contribution in [2.75, 3.05) is 22.9 Å². The Morgan fingerprint density at radius 2 is 2.00 bits per heavy atom. The van der Waals surface area contributed by atoms with Crippen molar-refractivity contribution in [3.63, 3.8) is 0 Å². The number of pyridine rings is 1. The first kappa shape index (κ1) is 10.8. The summed E-state index contributed by atoms with van der Waals surface area (Å²) in [5.41, 5.74) is 13.8. The first-order chi connectivity index (χ1) is 8.65. The Bertz CT molecular complexity index is 612. The molecule has 0 bridgehead atoms. The Morgan fingerprint density at radius 1 is 1.17 bits per heavy atom. The van der Waals surface area contributed by atoms with E-state index < -0.39 is 0 Å². The van der Waals surface area contributed by atoms with E-state index in [0.717, 1.165) is 24.2 Å². The number of benzene rings is 1. The quantitative estimate of drug-likeness (QED) is 0.805. The SMILES string of the molecule is Nc1ccc(N2CCc3ccc(F)cc32)nc1N. The van der Waals surface area contributed by atoms with Crippen LogP contribution in [0.5, 0.6) is 0 Å². The van der Waals surface area contributed by atoms with Gasteiger partial charge in [0.25, 0.3) is 0 Å². The standard InChI is InChI=1S/C13H13FN4/c14-9-2-1-8-5-6-18(11(8)7-9)12-4-3-10(15)13(16)17-12/h1-4,7H,5-6,15H2,(H2,16,17). The Hall–Kier alpha value is -2.30. The van der Waals surface area contributed by atoms with Gasteiger partial charge in [-0.25, -0.2) is 9.37 Å². The molecule has 0 saturated carbocycles. The summed E-state index contributed by atoms with van der Waals surface area (Å²) < 4.78 is 13.3. The fraction of sp³-hybridized carbons (Fsp3) is 0.154. The molecule has 4 N–H and O–H groups in total. The number of hydrogen-bond acceptors (Lipinski definition) is 4. The van der Waals surface area contributed by atoms with E-state index in [1.807, 2.05) is 11.0 Å². The summed E-state index contributed by atoms with van der Waals surface area (Å²) in [5.74, 6) is 0.757. The molecule has 2 aromatic rings. The molecule has 3 rings (SSSR count). The van der Waals surface area contributed by atoms with Gasteiger partial charge in [0.15, 0.2) is 0 Å². The van der Waals surface area contributed by atoms with Crippen LogP contribution in [0, 0.1) is 5.82 Å². The van der Waals surface area contributed by atoms with Crippen LogP contribution < -0.4 is 16.4 Å². The van der Waals surface area contributed by atoms with Crippen LogP contribution in [0.15, 0.2) is 30.3 Å². The molecular formula is C13H13FN4. The molecule has 18 heavy (non-hydrogen) atoms. The smallest absolute Gasteiger partial charge is 0.149 e. The average Bonchev–Trinajstić information content (AvgIpc) is 2.75. The molecule has 0 atom stereocenters. The molecule has 0 aliphatic carbocycles. The lowest BCUT2D eigenvalue weighted by atomic mass is 10.2. The van der Waals surface area contributed by atoms with Crippen LogP contribution in [-0.2, 0) is 6.42 Å². The lowest BCUT2D eigenvalue weighted by Gasteiger charge is -2.19. The molecule has 4 nitrogen and oxygen atoms in total. The maximum Gasteiger partial charge on any atom is 0.149 e. The average molecular weight is 244 g/mol. The molecular weight excluding hydrogens is 231 g/mol. The number of nitrogen functional groups attached to an aromatic ring is 2. The molecule has 0 amide bonds. The van der Waals surface area contributed by atoms with Crippen LogP contribution in [0.2, 0.25) is 0 Å². The van der Waals surface area contributed by atoms with Crippen molar-refractivity contribution < 1.29 is 4.39 Å². The summed E-state index contributed by atoms with van der Waals surface area (Å²) in [5, 5.41) is 0. The molecule has 2 heterocycles. The molecule has 0 saturated heterocycles. The van der Waals surface area contributed by atoms with Gasteiger partial charge in [-0.3, -0.25) is 0 Å². The molecule has 92 valence electrons. The third-order valence-corrected chi connectivity index (χ3v) is 3.16. The molecule has 1 aliphatic rings. The van der Waals surface area contributed by atoms with Crippen molar-refractivity contribution in [3.05, 3.63) is 41.7 Å². The number of fused-ring (bicyclic) bond motifs is 1. The lowest BCUT2D eigenvalue weighted by Crippen LogP contribution is -2.15. The number of nitrogens with two attached hydrogens (primary N) is 2. The van der Waals surface area contributed by atoms with Gasteiger partial charge in [-0.15, -0.1) is 0 Å². The van der Waals surface area contributed by atoms with Crippen LogP contribution in [0.25, 0.3) is 0 Å². The van der Waals surface area contributed by atoms with Crippen molar-refractivity contribution >= 4 is 23.0 Å². The van der Waals surface area contributed by atoms with E-state index >= 15 is 0 Å². The summed E-state index contributed by atoms with van der Waals surface area (Å²) in [4.78, 5) is 6.19. The minimum Gasteiger partial charge on any atom is -0.396 e. The first-order valence-corrected chi connectivity index (χ1v) is 5.73. The molecule has 0 radical (unpaired) electrons. The summed E-state index contributed by atoms with van der Waals surface area (Å²) in [6.07, 6.45) is 0.877. The van der Waals surface area contributed by atoms with Gasteiger partial charge in [0.2, 0.25) is 0 Å². The summed E-state index contributed by atoms with van der Waals surface area (Å²) in [6, 6.07) is 8.33. The van der Waals surface area contributed by atoms with Crippen molar-refractivity contribution in [1.82, 2.24) is 4.98 Å². The number of anilines is 4. The first-order valence-electron chi connectivity index (χ1n) is 5.73. The molecule has 0 unspecified atom stereocenters. The Kier molecular flexibility index (Phi) is 2.33. The molecule has 1 aliphatic heterocycles. The number of halogens is 1. The van der Waals surface area contributed by atoms with Gasteiger partial charge >= 0.3 is 0 Å². The Balaban J connectivity index is 2.05. The van der Waals surface area contributed by atoms with Gasteiger partial charge in [-0.1, -0.05) is 6.07 Å². The van der Waals surface area contributed by atoms with E-state index in [-0.39, 0.29) is 5.82 Å². The second-order valence-corrected chi connectivity index (χ2v) is 4.32. The van der Waals surface area contributed by atoms with Crippen molar-refractivity contribution in [3.8, 4) is 0 Å².